The highest BCUT2D eigenvalue weighted by atomic mass is 16.2. The predicted molar refractivity (Wildman–Crippen MR) is 105 cm³/mol. The smallest absolute Gasteiger partial charge is 0.253 e. The Morgan fingerprint density at radius 3 is 2.61 bits per heavy atom. The third-order valence-electron chi connectivity index (χ3n) is 4.38. The lowest BCUT2D eigenvalue weighted by Gasteiger charge is -2.08. The van der Waals surface area contributed by atoms with Crippen molar-refractivity contribution >= 4 is 22.8 Å². The normalized spacial score (nSPS) is 10.7. The van der Waals surface area contributed by atoms with E-state index < -0.39 is 5.91 Å². The molecule has 0 unspecified atom stereocenters. The van der Waals surface area contributed by atoms with E-state index in [4.69, 9.17) is 5.73 Å². The van der Waals surface area contributed by atoms with Crippen LogP contribution >= 0.6 is 0 Å². The van der Waals surface area contributed by atoms with E-state index in [0.29, 0.717) is 16.9 Å². The summed E-state index contributed by atoms with van der Waals surface area (Å²) in [4.78, 5) is 32.4. The summed E-state index contributed by atoms with van der Waals surface area (Å²) in [5.41, 5.74) is 8.74. The number of nitrogens with zero attached hydrogens (tertiary/aromatic N) is 3. The van der Waals surface area contributed by atoms with Gasteiger partial charge in [0.15, 0.2) is 0 Å². The molecule has 0 aliphatic rings. The summed E-state index contributed by atoms with van der Waals surface area (Å²) in [6.07, 6.45) is 3.23. The molecule has 4 aromatic rings. The third-order valence-corrected chi connectivity index (χ3v) is 4.38. The van der Waals surface area contributed by atoms with E-state index >= 15 is 0 Å². The Labute approximate surface area is 160 Å². The minimum Gasteiger partial charge on any atom is -0.366 e. The minimum absolute atomic E-state index is 0.251. The third kappa shape index (κ3) is 3.45. The highest BCUT2D eigenvalue weighted by Gasteiger charge is 2.09. The van der Waals surface area contributed by atoms with Gasteiger partial charge in [-0.1, -0.05) is 24.3 Å². The van der Waals surface area contributed by atoms with E-state index in [-0.39, 0.29) is 12.5 Å². The van der Waals surface area contributed by atoms with Crippen molar-refractivity contribution in [2.45, 2.75) is 6.54 Å². The van der Waals surface area contributed by atoms with Gasteiger partial charge in [0.05, 0.1) is 16.6 Å². The quantitative estimate of drug-likeness (QED) is 0.562. The number of fused-ring (bicyclic) bond motifs is 1. The summed E-state index contributed by atoms with van der Waals surface area (Å²) >= 11 is 0. The molecular weight excluding hydrogens is 354 g/mol. The lowest BCUT2D eigenvalue weighted by molar-refractivity contribution is 0.0950. The zero-order valence-electron chi connectivity index (χ0n) is 14.9. The maximum absolute atomic E-state index is 12.4. The lowest BCUT2D eigenvalue weighted by atomic mass is 10.1. The van der Waals surface area contributed by atoms with Crippen LogP contribution in [0.1, 0.15) is 26.3 Å². The molecule has 0 aliphatic carbocycles. The zero-order valence-corrected chi connectivity index (χ0v) is 14.9. The number of primary amides is 1. The average molecular weight is 371 g/mol. The fraction of sp³-hybridized carbons (Fsp3) is 0.0476. The first-order valence-corrected chi connectivity index (χ1v) is 8.67. The van der Waals surface area contributed by atoms with Crippen molar-refractivity contribution in [1.82, 2.24) is 19.9 Å². The van der Waals surface area contributed by atoms with Crippen LogP contribution in [-0.2, 0) is 6.54 Å². The van der Waals surface area contributed by atoms with Crippen LogP contribution in [0.2, 0.25) is 0 Å². The van der Waals surface area contributed by atoms with E-state index in [1.807, 2.05) is 34.9 Å². The Balaban J connectivity index is 1.47. The number of nitrogens with two attached hydrogens (primary N) is 1. The molecule has 0 aliphatic heterocycles. The molecule has 4 rings (SSSR count). The van der Waals surface area contributed by atoms with Crippen LogP contribution in [0.4, 0.5) is 0 Å². The van der Waals surface area contributed by atoms with Gasteiger partial charge in [0.2, 0.25) is 5.91 Å². The molecule has 0 saturated heterocycles. The largest absolute Gasteiger partial charge is 0.366 e. The van der Waals surface area contributed by atoms with Gasteiger partial charge < -0.3 is 11.1 Å². The number of carbonyl (C=O) groups is 2. The summed E-state index contributed by atoms with van der Waals surface area (Å²) < 4.78 is 1.87. The number of para-hydroxylation sites is 2. The van der Waals surface area contributed by atoms with Crippen LogP contribution in [0.3, 0.4) is 0 Å². The van der Waals surface area contributed by atoms with Crippen LogP contribution in [0.15, 0.2) is 73.2 Å². The number of hydrogen-bond donors (Lipinski definition) is 2. The second-order valence-electron chi connectivity index (χ2n) is 6.26. The summed E-state index contributed by atoms with van der Waals surface area (Å²) in [5.74, 6) is -0.0709. The van der Waals surface area contributed by atoms with Gasteiger partial charge in [0, 0.05) is 18.3 Å². The SMILES string of the molecule is NC(=O)c1cccc(CNC(=O)c2ccc(-n3cnc4ccccc43)nc2)c1. The van der Waals surface area contributed by atoms with E-state index in [0.717, 1.165) is 16.6 Å². The Bertz CT molecular complexity index is 1160. The maximum Gasteiger partial charge on any atom is 0.253 e. The number of aromatic nitrogens is 3. The molecule has 138 valence electrons. The zero-order chi connectivity index (χ0) is 19.5. The van der Waals surface area contributed by atoms with Crippen molar-refractivity contribution < 1.29 is 9.59 Å². The summed E-state index contributed by atoms with van der Waals surface area (Å²) in [6.45, 7) is 0.286. The van der Waals surface area contributed by atoms with Crippen molar-refractivity contribution in [3.05, 3.63) is 89.9 Å². The summed E-state index contributed by atoms with van der Waals surface area (Å²) in [5, 5.41) is 2.82. The molecule has 2 aromatic heterocycles. The topological polar surface area (TPSA) is 103 Å². The lowest BCUT2D eigenvalue weighted by Crippen LogP contribution is -2.23. The molecule has 0 saturated carbocycles. The van der Waals surface area contributed by atoms with Crippen molar-refractivity contribution in [1.29, 1.82) is 0 Å². The number of imidazole rings is 1. The van der Waals surface area contributed by atoms with Gasteiger partial charge in [-0.3, -0.25) is 14.2 Å². The average Bonchev–Trinajstić information content (AvgIpc) is 3.16. The number of nitrogens with one attached hydrogen (secondary N) is 1. The fourth-order valence-corrected chi connectivity index (χ4v) is 2.92. The Kier molecular flexibility index (Phi) is 4.55. The first kappa shape index (κ1) is 17.4. The maximum atomic E-state index is 12.4. The molecule has 28 heavy (non-hydrogen) atoms. The number of hydrogen-bond acceptors (Lipinski definition) is 4. The number of amides is 2. The van der Waals surface area contributed by atoms with Crippen LogP contribution < -0.4 is 11.1 Å². The van der Waals surface area contributed by atoms with Gasteiger partial charge >= 0.3 is 0 Å². The first-order valence-electron chi connectivity index (χ1n) is 8.67. The molecule has 0 radical (unpaired) electrons. The van der Waals surface area contributed by atoms with Crippen LogP contribution in [0.25, 0.3) is 16.9 Å². The standard InChI is InChI=1S/C21H17N5O2/c22-20(27)15-5-3-4-14(10-15)11-24-21(28)16-8-9-19(23-12-16)26-13-25-17-6-1-2-7-18(17)26/h1-10,12-13H,11H2,(H2,22,27)(H,24,28). The molecule has 0 bridgehead atoms. The van der Waals surface area contributed by atoms with Gasteiger partial charge in [-0.2, -0.15) is 0 Å². The van der Waals surface area contributed by atoms with Crippen LogP contribution in [0, 0.1) is 0 Å². The molecule has 0 fully saturated rings. The first-order chi connectivity index (χ1) is 13.6. The van der Waals surface area contributed by atoms with Crippen molar-refractivity contribution in [3.63, 3.8) is 0 Å². The number of benzene rings is 2. The molecule has 0 spiro atoms. The molecule has 7 nitrogen and oxygen atoms in total. The summed E-state index contributed by atoms with van der Waals surface area (Å²) in [6, 6.07) is 18.1. The molecule has 3 N–H and O–H groups in total. The second kappa shape index (κ2) is 7.32. The molecule has 7 heteroatoms. The molecule has 2 amide bonds. The van der Waals surface area contributed by atoms with Crippen molar-refractivity contribution in [2.75, 3.05) is 0 Å². The van der Waals surface area contributed by atoms with Crippen LogP contribution in [0.5, 0.6) is 0 Å². The van der Waals surface area contributed by atoms with E-state index in [1.165, 1.54) is 6.20 Å². The van der Waals surface area contributed by atoms with Crippen molar-refractivity contribution in [3.8, 4) is 5.82 Å². The fourth-order valence-electron chi connectivity index (χ4n) is 2.92. The monoisotopic (exact) mass is 371 g/mol. The van der Waals surface area contributed by atoms with Gasteiger partial charge in [-0.15, -0.1) is 0 Å². The molecule has 2 heterocycles. The molecule has 0 atom stereocenters. The minimum atomic E-state index is -0.500. The van der Waals surface area contributed by atoms with Gasteiger partial charge in [-0.25, -0.2) is 9.97 Å². The number of rotatable bonds is 5. The van der Waals surface area contributed by atoms with E-state index in [2.05, 4.69) is 15.3 Å². The van der Waals surface area contributed by atoms with Gasteiger partial charge in [-0.05, 0) is 42.0 Å². The second-order valence-corrected chi connectivity index (χ2v) is 6.26. The Morgan fingerprint density at radius 1 is 0.964 bits per heavy atom. The highest BCUT2D eigenvalue weighted by Crippen LogP contribution is 2.16. The predicted octanol–water partition coefficient (Wildman–Crippen LogP) is 2.45. The number of carbonyl (C=O) groups excluding carboxylic acids is 2. The van der Waals surface area contributed by atoms with Gasteiger partial charge in [0.1, 0.15) is 12.1 Å². The number of pyridine rings is 1. The Morgan fingerprint density at radius 2 is 1.82 bits per heavy atom. The van der Waals surface area contributed by atoms with E-state index in [9.17, 15) is 9.59 Å². The van der Waals surface area contributed by atoms with Crippen LogP contribution in [-0.4, -0.2) is 26.3 Å². The van der Waals surface area contributed by atoms with Crippen molar-refractivity contribution in [2.24, 2.45) is 5.73 Å². The van der Waals surface area contributed by atoms with E-state index in [1.54, 1.807) is 36.7 Å². The van der Waals surface area contributed by atoms with Gasteiger partial charge in [0.25, 0.3) is 5.91 Å². The molecular formula is C21H17N5O2. The Hall–Kier alpha value is -4.00. The highest BCUT2D eigenvalue weighted by molar-refractivity contribution is 5.94. The summed E-state index contributed by atoms with van der Waals surface area (Å²) in [7, 11) is 0. The molecule has 2 aromatic carbocycles.